The van der Waals surface area contributed by atoms with Gasteiger partial charge in [-0.05, 0) is 36.2 Å². The van der Waals surface area contributed by atoms with E-state index in [4.69, 9.17) is 4.42 Å². The van der Waals surface area contributed by atoms with Crippen molar-refractivity contribution in [2.45, 2.75) is 13.0 Å². The van der Waals surface area contributed by atoms with E-state index in [9.17, 15) is 9.18 Å². The average Bonchev–Trinajstić information content (AvgIpc) is 2.96. The highest BCUT2D eigenvalue weighted by Gasteiger charge is 2.23. The number of carbonyl (C=O) groups excluding carboxylic acids is 1. The molecule has 3 aromatic rings. The van der Waals surface area contributed by atoms with Crippen molar-refractivity contribution < 1.29 is 13.6 Å². The number of hydrogen-bond donors (Lipinski definition) is 0. The predicted molar refractivity (Wildman–Crippen MR) is 98.4 cm³/mol. The first-order valence-corrected chi connectivity index (χ1v) is 8.94. The van der Waals surface area contributed by atoms with Crippen molar-refractivity contribution >= 4 is 16.9 Å². The lowest BCUT2D eigenvalue weighted by Crippen LogP contribution is -2.34. The molecule has 134 valence electrons. The second kappa shape index (κ2) is 7.30. The van der Waals surface area contributed by atoms with Crippen molar-refractivity contribution in [3.8, 4) is 0 Å². The average molecular weight is 352 g/mol. The van der Waals surface area contributed by atoms with Crippen LogP contribution in [0, 0.1) is 5.82 Å². The Hall–Kier alpha value is -2.66. The van der Waals surface area contributed by atoms with Gasteiger partial charge in [0.15, 0.2) is 5.76 Å². The number of rotatable bonds is 3. The number of nitrogens with zero attached hydrogens (tertiary/aromatic N) is 2. The Balaban J connectivity index is 1.41. The fourth-order valence-corrected chi connectivity index (χ4v) is 3.42. The van der Waals surface area contributed by atoms with E-state index in [1.807, 2.05) is 47.4 Å². The van der Waals surface area contributed by atoms with Crippen LogP contribution in [0.25, 0.3) is 11.0 Å². The van der Waals surface area contributed by atoms with E-state index in [-0.39, 0.29) is 11.7 Å². The van der Waals surface area contributed by atoms with Crippen LogP contribution in [0.3, 0.4) is 0 Å². The number of carbonyl (C=O) groups is 1. The third kappa shape index (κ3) is 3.63. The molecule has 0 spiro atoms. The SMILES string of the molecule is O=C(c1cc2ccccc2o1)N1CCCN(Cc2ccc(F)cc2)CC1. The summed E-state index contributed by atoms with van der Waals surface area (Å²) in [6.45, 7) is 3.87. The van der Waals surface area contributed by atoms with E-state index in [2.05, 4.69) is 4.90 Å². The van der Waals surface area contributed by atoms with Crippen LogP contribution in [0.2, 0.25) is 0 Å². The quantitative estimate of drug-likeness (QED) is 0.717. The molecular weight excluding hydrogens is 331 g/mol. The zero-order valence-electron chi connectivity index (χ0n) is 14.5. The molecule has 1 amide bonds. The summed E-state index contributed by atoms with van der Waals surface area (Å²) in [7, 11) is 0. The third-order valence-corrected chi connectivity index (χ3v) is 4.83. The summed E-state index contributed by atoms with van der Waals surface area (Å²) in [5.41, 5.74) is 1.83. The van der Waals surface area contributed by atoms with Gasteiger partial charge in [0, 0.05) is 38.1 Å². The highest BCUT2D eigenvalue weighted by atomic mass is 19.1. The minimum Gasteiger partial charge on any atom is -0.451 e. The smallest absolute Gasteiger partial charge is 0.289 e. The van der Waals surface area contributed by atoms with Gasteiger partial charge in [-0.25, -0.2) is 4.39 Å². The molecule has 4 nitrogen and oxygen atoms in total. The Morgan fingerprint density at radius 1 is 1.00 bits per heavy atom. The van der Waals surface area contributed by atoms with Crippen LogP contribution in [0.15, 0.2) is 59.0 Å². The fraction of sp³-hybridized carbons (Fsp3) is 0.286. The topological polar surface area (TPSA) is 36.7 Å². The number of furan rings is 1. The first-order valence-electron chi connectivity index (χ1n) is 8.94. The van der Waals surface area contributed by atoms with Gasteiger partial charge in [-0.2, -0.15) is 0 Å². The second-order valence-corrected chi connectivity index (χ2v) is 6.70. The molecule has 0 atom stereocenters. The standard InChI is InChI=1S/C21H21FN2O2/c22-18-8-6-16(7-9-18)15-23-10-3-11-24(13-12-23)21(25)20-14-17-4-1-2-5-19(17)26-20/h1-2,4-9,14H,3,10-13,15H2. The summed E-state index contributed by atoms with van der Waals surface area (Å²) in [6, 6.07) is 16.1. The number of halogens is 1. The highest BCUT2D eigenvalue weighted by molar-refractivity contribution is 5.96. The van der Waals surface area contributed by atoms with Crippen molar-refractivity contribution in [2.75, 3.05) is 26.2 Å². The van der Waals surface area contributed by atoms with Crippen LogP contribution in [-0.2, 0) is 6.54 Å². The second-order valence-electron chi connectivity index (χ2n) is 6.70. The Morgan fingerprint density at radius 2 is 1.81 bits per heavy atom. The van der Waals surface area contributed by atoms with Gasteiger partial charge >= 0.3 is 0 Å². The molecule has 1 aliphatic heterocycles. The molecule has 0 unspecified atom stereocenters. The number of benzene rings is 2. The maximum atomic E-state index is 13.0. The van der Waals surface area contributed by atoms with Gasteiger partial charge in [-0.15, -0.1) is 0 Å². The third-order valence-electron chi connectivity index (χ3n) is 4.83. The first kappa shape index (κ1) is 16.8. The first-order chi connectivity index (χ1) is 12.7. The zero-order valence-corrected chi connectivity index (χ0v) is 14.5. The van der Waals surface area contributed by atoms with Crippen molar-refractivity contribution in [3.63, 3.8) is 0 Å². The van der Waals surface area contributed by atoms with Gasteiger partial charge in [-0.1, -0.05) is 30.3 Å². The predicted octanol–water partition coefficient (Wildman–Crippen LogP) is 3.92. The molecule has 0 aliphatic carbocycles. The molecule has 0 bridgehead atoms. The van der Waals surface area contributed by atoms with Crippen molar-refractivity contribution in [2.24, 2.45) is 0 Å². The molecule has 2 aromatic carbocycles. The van der Waals surface area contributed by atoms with Gasteiger partial charge in [0.25, 0.3) is 5.91 Å². The Morgan fingerprint density at radius 3 is 2.62 bits per heavy atom. The van der Waals surface area contributed by atoms with Gasteiger partial charge in [0.2, 0.25) is 0 Å². The van der Waals surface area contributed by atoms with Crippen LogP contribution >= 0.6 is 0 Å². The summed E-state index contributed by atoms with van der Waals surface area (Å²) in [5, 5.41) is 0.948. The zero-order chi connectivity index (χ0) is 17.9. The van der Waals surface area contributed by atoms with E-state index < -0.39 is 0 Å². The van der Waals surface area contributed by atoms with Crippen molar-refractivity contribution in [1.82, 2.24) is 9.80 Å². The Bertz CT molecular complexity index is 871. The maximum Gasteiger partial charge on any atom is 0.289 e. The molecule has 0 saturated carbocycles. The minimum absolute atomic E-state index is 0.0511. The van der Waals surface area contributed by atoms with Crippen molar-refractivity contribution in [3.05, 3.63) is 71.7 Å². The van der Waals surface area contributed by atoms with Gasteiger partial charge in [0.1, 0.15) is 11.4 Å². The number of para-hydroxylation sites is 1. The fourth-order valence-electron chi connectivity index (χ4n) is 3.42. The Labute approximate surface area is 151 Å². The van der Waals surface area contributed by atoms with E-state index in [0.29, 0.717) is 12.3 Å². The van der Waals surface area contributed by atoms with E-state index in [0.717, 1.165) is 49.1 Å². The Kier molecular flexibility index (Phi) is 4.71. The van der Waals surface area contributed by atoms with Crippen molar-refractivity contribution in [1.29, 1.82) is 0 Å². The molecule has 1 fully saturated rings. The molecule has 2 heterocycles. The van der Waals surface area contributed by atoms with Gasteiger partial charge in [0.05, 0.1) is 0 Å². The normalized spacial score (nSPS) is 16.0. The largest absolute Gasteiger partial charge is 0.451 e. The summed E-state index contributed by atoms with van der Waals surface area (Å²) < 4.78 is 18.8. The van der Waals surface area contributed by atoms with E-state index in [1.54, 1.807) is 0 Å². The van der Waals surface area contributed by atoms with Crippen LogP contribution < -0.4 is 0 Å². The number of fused-ring (bicyclic) bond motifs is 1. The van der Waals surface area contributed by atoms with Crippen LogP contribution in [-0.4, -0.2) is 41.9 Å². The lowest BCUT2D eigenvalue weighted by atomic mass is 10.2. The van der Waals surface area contributed by atoms with Crippen LogP contribution in [0.5, 0.6) is 0 Å². The van der Waals surface area contributed by atoms with Crippen LogP contribution in [0.1, 0.15) is 22.5 Å². The molecule has 26 heavy (non-hydrogen) atoms. The molecule has 1 saturated heterocycles. The number of amides is 1. The van der Waals surface area contributed by atoms with E-state index >= 15 is 0 Å². The minimum atomic E-state index is -0.216. The molecular formula is C21H21FN2O2. The lowest BCUT2D eigenvalue weighted by Gasteiger charge is -2.21. The lowest BCUT2D eigenvalue weighted by molar-refractivity contribution is 0.0731. The monoisotopic (exact) mass is 352 g/mol. The van der Waals surface area contributed by atoms with E-state index in [1.165, 1.54) is 12.1 Å². The summed E-state index contributed by atoms with van der Waals surface area (Å²) in [4.78, 5) is 17.0. The molecule has 1 aliphatic rings. The van der Waals surface area contributed by atoms with Crippen LogP contribution in [0.4, 0.5) is 4.39 Å². The summed E-state index contributed by atoms with van der Waals surface area (Å²) in [5.74, 6) is 0.134. The molecule has 5 heteroatoms. The number of hydrogen-bond acceptors (Lipinski definition) is 3. The van der Waals surface area contributed by atoms with Gasteiger partial charge < -0.3 is 9.32 Å². The molecule has 1 aromatic heterocycles. The molecule has 0 N–H and O–H groups in total. The highest BCUT2D eigenvalue weighted by Crippen LogP contribution is 2.21. The molecule has 4 rings (SSSR count). The summed E-state index contributed by atoms with van der Waals surface area (Å²) >= 11 is 0. The van der Waals surface area contributed by atoms with Gasteiger partial charge in [-0.3, -0.25) is 9.69 Å². The maximum absolute atomic E-state index is 13.0. The molecule has 0 radical (unpaired) electrons. The summed E-state index contributed by atoms with van der Waals surface area (Å²) in [6.07, 6.45) is 0.910.